The van der Waals surface area contributed by atoms with Crippen LogP contribution in [0.1, 0.15) is 32.4 Å². The number of benzene rings is 1. The van der Waals surface area contributed by atoms with Gasteiger partial charge in [-0.1, -0.05) is 18.2 Å². The number of amides is 1. The molecule has 19 heavy (non-hydrogen) atoms. The number of anilines is 1. The highest BCUT2D eigenvalue weighted by Crippen LogP contribution is 2.36. The molecule has 2 N–H and O–H groups in total. The minimum atomic E-state index is -0.465. The highest BCUT2D eigenvalue weighted by molar-refractivity contribution is 6.00. The standard InChI is InChI=1S/C15H20N2O2/c1-9(2)8-17-13-7-12(10(3)16)5-6-14(13)19-11(4)15(17)18/h5-7,10-11H,1,8,16H2,2-4H3. The van der Waals surface area contributed by atoms with Crippen molar-refractivity contribution in [1.29, 1.82) is 0 Å². The number of fused-ring (bicyclic) bond motifs is 1. The molecule has 1 aromatic rings. The maximum absolute atomic E-state index is 12.2. The maximum atomic E-state index is 12.2. The normalized spacial score (nSPS) is 19.7. The third-order valence-corrected chi connectivity index (χ3v) is 3.15. The number of carbonyl (C=O) groups excluding carboxylic acids is 1. The Morgan fingerprint density at radius 3 is 2.84 bits per heavy atom. The lowest BCUT2D eigenvalue weighted by Gasteiger charge is -2.33. The summed E-state index contributed by atoms with van der Waals surface area (Å²) in [6, 6.07) is 5.66. The summed E-state index contributed by atoms with van der Waals surface area (Å²) in [5.74, 6) is 0.676. The lowest BCUT2D eigenvalue weighted by molar-refractivity contribution is -0.125. The Kier molecular flexibility index (Phi) is 3.62. The number of hydrogen-bond donors (Lipinski definition) is 1. The molecule has 4 nitrogen and oxygen atoms in total. The molecule has 1 aromatic carbocycles. The van der Waals surface area contributed by atoms with Crippen LogP contribution in [0.2, 0.25) is 0 Å². The van der Waals surface area contributed by atoms with Crippen LogP contribution >= 0.6 is 0 Å². The summed E-state index contributed by atoms with van der Waals surface area (Å²) in [6.07, 6.45) is -0.465. The first-order valence-corrected chi connectivity index (χ1v) is 6.42. The van der Waals surface area contributed by atoms with E-state index < -0.39 is 6.10 Å². The number of rotatable bonds is 3. The molecule has 0 bridgehead atoms. The molecule has 2 rings (SSSR count). The van der Waals surface area contributed by atoms with Crippen LogP contribution in [0.5, 0.6) is 5.75 Å². The lowest BCUT2D eigenvalue weighted by atomic mass is 10.1. The fourth-order valence-electron chi connectivity index (χ4n) is 2.14. The van der Waals surface area contributed by atoms with Gasteiger partial charge in [-0.15, -0.1) is 0 Å². The van der Waals surface area contributed by atoms with Crippen LogP contribution in [-0.4, -0.2) is 18.6 Å². The summed E-state index contributed by atoms with van der Waals surface area (Å²) in [7, 11) is 0. The predicted molar refractivity (Wildman–Crippen MR) is 76.3 cm³/mol. The SMILES string of the molecule is C=C(C)CN1C(=O)C(C)Oc2ccc(C(C)N)cc21. The van der Waals surface area contributed by atoms with E-state index in [0.29, 0.717) is 6.54 Å². The van der Waals surface area contributed by atoms with Crippen LogP contribution in [0.25, 0.3) is 0 Å². The Labute approximate surface area is 113 Å². The molecule has 1 amide bonds. The van der Waals surface area contributed by atoms with Crippen molar-refractivity contribution in [3.63, 3.8) is 0 Å². The Morgan fingerprint density at radius 2 is 2.26 bits per heavy atom. The van der Waals surface area contributed by atoms with Crippen LogP contribution in [0.15, 0.2) is 30.4 Å². The van der Waals surface area contributed by atoms with E-state index in [1.807, 2.05) is 32.0 Å². The molecule has 2 atom stereocenters. The molecule has 102 valence electrons. The largest absolute Gasteiger partial charge is 0.479 e. The summed E-state index contributed by atoms with van der Waals surface area (Å²) in [6.45, 7) is 9.96. The van der Waals surface area contributed by atoms with Crippen LogP contribution < -0.4 is 15.4 Å². The highest BCUT2D eigenvalue weighted by Gasteiger charge is 2.31. The molecule has 4 heteroatoms. The average Bonchev–Trinajstić information content (AvgIpc) is 2.34. The molecule has 0 fully saturated rings. The van der Waals surface area contributed by atoms with Crippen molar-refractivity contribution in [1.82, 2.24) is 0 Å². The zero-order valence-corrected chi connectivity index (χ0v) is 11.6. The van der Waals surface area contributed by atoms with Crippen molar-refractivity contribution in [3.05, 3.63) is 35.9 Å². The number of nitrogens with two attached hydrogens (primary N) is 1. The maximum Gasteiger partial charge on any atom is 0.268 e. The van der Waals surface area contributed by atoms with Crippen LogP contribution in [0, 0.1) is 0 Å². The van der Waals surface area contributed by atoms with Gasteiger partial charge in [0, 0.05) is 12.6 Å². The van der Waals surface area contributed by atoms with Gasteiger partial charge in [-0.05, 0) is 38.5 Å². The number of nitrogens with zero attached hydrogens (tertiary/aromatic N) is 1. The summed E-state index contributed by atoms with van der Waals surface area (Å²) >= 11 is 0. The monoisotopic (exact) mass is 260 g/mol. The molecule has 1 aliphatic rings. The topological polar surface area (TPSA) is 55.6 Å². The second-order valence-electron chi connectivity index (χ2n) is 5.16. The molecule has 1 aliphatic heterocycles. The van der Waals surface area contributed by atoms with E-state index in [4.69, 9.17) is 10.5 Å². The first-order valence-electron chi connectivity index (χ1n) is 6.42. The van der Waals surface area contributed by atoms with Crippen molar-refractivity contribution in [2.75, 3.05) is 11.4 Å². The van der Waals surface area contributed by atoms with Gasteiger partial charge in [0.25, 0.3) is 5.91 Å². The van der Waals surface area contributed by atoms with Gasteiger partial charge >= 0.3 is 0 Å². The third kappa shape index (κ3) is 2.63. The lowest BCUT2D eigenvalue weighted by Crippen LogP contribution is -2.45. The third-order valence-electron chi connectivity index (χ3n) is 3.15. The van der Waals surface area contributed by atoms with Crippen molar-refractivity contribution in [3.8, 4) is 5.75 Å². The van der Waals surface area contributed by atoms with Crippen molar-refractivity contribution >= 4 is 11.6 Å². The van der Waals surface area contributed by atoms with E-state index in [-0.39, 0.29) is 11.9 Å². The van der Waals surface area contributed by atoms with E-state index in [9.17, 15) is 4.79 Å². The minimum absolute atomic E-state index is 0.0441. The highest BCUT2D eigenvalue weighted by atomic mass is 16.5. The molecule has 0 saturated heterocycles. The molecule has 1 heterocycles. The van der Waals surface area contributed by atoms with Crippen LogP contribution in [0.4, 0.5) is 5.69 Å². The zero-order chi connectivity index (χ0) is 14.2. The number of hydrogen-bond acceptors (Lipinski definition) is 3. The van der Waals surface area contributed by atoms with Crippen molar-refractivity contribution < 1.29 is 9.53 Å². The molecule has 2 unspecified atom stereocenters. The van der Waals surface area contributed by atoms with E-state index >= 15 is 0 Å². The fourth-order valence-corrected chi connectivity index (χ4v) is 2.14. The predicted octanol–water partition coefficient (Wildman–Crippen LogP) is 2.40. The molecular weight excluding hydrogens is 240 g/mol. The smallest absolute Gasteiger partial charge is 0.268 e. The van der Waals surface area contributed by atoms with Gasteiger partial charge in [0.15, 0.2) is 6.10 Å². The van der Waals surface area contributed by atoms with Gasteiger partial charge in [-0.2, -0.15) is 0 Å². The Morgan fingerprint density at radius 1 is 1.58 bits per heavy atom. The molecule has 0 radical (unpaired) electrons. The van der Waals surface area contributed by atoms with E-state index in [1.165, 1.54) is 0 Å². The number of ether oxygens (including phenoxy) is 1. The summed E-state index contributed by atoms with van der Waals surface area (Å²) in [4.78, 5) is 14.0. The van der Waals surface area contributed by atoms with Crippen LogP contribution in [0.3, 0.4) is 0 Å². The summed E-state index contributed by atoms with van der Waals surface area (Å²) in [5, 5.41) is 0. The average molecular weight is 260 g/mol. The first-order chi connectivity index (χ1) is 8.90. The second-order valence-corrected chi connectivity index (χ2v) is 5.16. The van der Waals surface area contributed by atoms with E-state index in [2.05, 4.69) is 6.58 Å². The van der Waals surface area contributed by atoms with Gasteiger partial charge < -0.3 is 15.4 Å². The Bertz CT molecular complexity index is 523. The van der Waals surface area contributed by atoms with Gasteiger partial charge in [-0.3, -0.25) is 4.79 Å². The quantitative estimate of drug-likeness (QED) is 0.849. The molecule has 0 aromatic heterocycles. The Hall–Kier alpha value is -1.81. The molecule has 0 aliphatic carbocycles. The second kappa shape index (κ2) is 5.05. The minimum Gasteiger partial charge on any atom is -0.479 e. The van der Waals surface area contributed by atoms with E-state index in [1.54, 1.807) is 11.8 Å². The zero-order valence-electron chi connectivity index (χ0n) is 11.6. The Balaban J connectivity index is 2.47. The van der Waals surface area contributed by atoms with Gasteiger partial charge in [-0.25, -0.2) is 0 Å². The van der Waals surface area contributed by atoms with Crippen LogP contribution in [-0.2, 0) is 4.79 Å². The molecular formula is C15H20N2O2. The fraction of sp³-hybridized carbons (Fsp3) is 0.400. The van der Waals surface area contributed by atoms with Crippen molar-refractivity contribution in [2.45, 2.75) is 32.9 Å². The van der Waals surface area contributed by atoms with E-state index in [0.717, 1.165) is 22.6 Å². The molecule has 0 saturated carbocycles. The van der Waals surface area contributed by atoms with Gasteiger partial charge in [0.1, 0.15) is 5.75 Å². The summed E-state index contributed by atoms with van der Waals surface area (Å²) in [5.41, 5.74) is 8.59. The number of carbonyl (C=O) groups is 1. The van der Waals surface area contributed by atoms with Crippen molar-refractivity contribution in [2.24, 2.45) is 5.73 Å². The first kappa shape index (κ1) is 13.6. The van der Waals surface area contributed by atoms with Gasteiger partial charge in [0.05, 0.1) is 5.69 Å². The van der Waals surface area contributed by atoms with Gasteiger partial charge in [0.2, 0.25) is 0 Å². The summed E-state index contributed by atoms with van der Waals surface area (Å²) < 4.78 is 5.63. The molecule has 0 spiro atoms.